The van der Waals surface area contributed by atoms with Gasteiger partial charge in [-0.3, -0.25) is 9.79 Å². The van der Waals surface area contributed by atoms with Crippen molar-refractivity contribution in [1.29, 1.82) is 0 Å². The lowest BCUT2D eigenvalue weighted by Gasteiger charge is -2.34. The number of halogens is 2. The van der Waals surface area contributed by atoms with Crippen LogP contribution < -0.4 is 10.6 Å². The number of amides is 1. The summed E-state index contributed by atoms with van der Waals surface area (Å²) in [7, 11) is 0. The number of guanidine groups is 1. The maximum Gasteiger partial charge on any atom is 0.225 e. The second kappa shape index (κ2) is 11.9. The van der Waals surface area contributed by atoms with Crippen LogP contribution in [0.4, 0.5) is 4.39 Å². The highest BCUT2D eigenvalue weighted by Gasteiger charge is 2.45. The zero-order chi connectivity index (χ0) is 21.7. The molecule has 0 unspecified atom stereocenters. The molecule has 1 amide bonds. The van der Waals surface area contributed by atoms with Gasteiger partial charge in [0.2, 0.25) is 5.91 Å². The van der Waals surface area contributed by atoms with Crippen molar-refractivity contribution in [3.05, 3.63) is 35.6 Å². The Bertz CT molecular complexity index is 790. The maximum absolute atomic E-state index is 14.3. The number of hydrogen-bond donors (Lipinski definition) is 2. The maximum atomic E-state index is 14.3. The third kappa shape index (κ3) is 6.30. The molecule has 3 fully saturated rings. The molecule has 4 rings (SSSR count). The Labute approximate surface area is 212 Å². The molecule has 2 aliphatic carbocycles. The number of aliphatic imine (C=N–C) groups is 1. The molecule has 32 heavy (non-hydrogen) atoms. The largest absolute Gasteiger partial charge is 0.357 e. The van der Waals surface area contributed by atoms with E-state index in [1.165, 1.54) is 0 Å². The van der Waals surface area contributed by atoms with Gasteiger partial charge in [-0.05, 0) is 57.1 Å². The first-order chi connectivity index (χ1) is 15.1. The van der Waals surface area contributed by atoms with Crippen LogP contribution in [0.25, 0.3) is 0 Å². The van der Waals surface area contributed by atoms with Crippen molar-refractivity contribution in [2.45, 2.75) is 56.9 Å². The third-order valence-corrected chi connectivity index (χ3v) is 7.87. The molecule has 0 atom stereocenters. The van der Waals surface area contributed by atoms with Gasteiger partial charge in [-0.15, -0.1) is 24.0 Å². The highest BCUT2D eigenvalue weighted by atomic mass is 127. The fourth-order valence-corrected chi connectivity index (χ4v) is 5.73. The summed E-state index contributed by atoms with van der Waals surface area (Å²) in [5.74, 6) is 3.37. The molecule has 0 radical (unpaired) electrons. The zero-order valence-corrected chi connectivity index (χ0v) is 22.1. The van der Waals surface area contributed by atoms with Crippen molar-refractivity contribution < 1.29 is 9.18 Å². The molecule has 178 valence electrons. The Morgan fingerprint density at radius 1 is 1.19 bits per heavy atom. The summed E-state index contributed by atoms with van der Waals surface area (Å²) in [6, 6.07) is 7.44. The Kier molecular flexibility index (Phi) is 9.52. The van der Waals surface area contributed by atoms with Gasteiger partial charge in [-0.1, -0.05) is 18.2 Å². The van der Waals surface area contributed by atoms with Gasteiger partial charge in [0.25, 0.3) is 0 Å². The van der Waals surface area contributed by atoms with E-state index in [0.717, 1.165) is 81.2 Å². The highest BCUT2D eigenvalue weighted by molar-refractivity contribution is 14.0. The third-order valence-electron chi connectivity index (χ3n) is 6.92. The molecule has 1 aromatic carbocycles. The number of rotatable bonds is 6. The summed E-state index contributed by atoms with van der Waals surface area (Å²) in [5, 5.41) is 6.93. The zero-order valence-electron chi connectivity index (χ0n) is 18.9. The molecule has 2 saturated carbocycles. The molecule has 1 heterocycles. The number of nitrogens with one attached hydrogen (secondary N) is 2. The monoisotopic (exact) mass is 574 g/mol. The quantitative estimate of drug-likeness (QED) is 0.305. The van der Waals surface area contributed by atoms with Gasteiger partial charge in [-0.25, -0.2) is 4.39 Å². The molecule has 1 saturated heterocycles. The van der Waals surface area contributed by atoms with Crippen molar-refractivity contribution in [2.24, 2.45) is 10.9 Å². The van der Waals surface area contributed by atoms with Crippen molar-refractivity contribution >= 4 is 47.6 Å². The average Bonchev–Trinajstić information content (AvgIpc) is 3.59. The summed E-state index contributed by atoms with van der Waals surface area (Å²) in [6.45, 7) is 5.27. The van der Waals surface area contributed by atoms with Crippen LogP contribution in [0, 0.1) is 11.7 Å². The van der Waals surface area contributed by atoms with E-state index in [4.69, 9.17) is 4.99 Å². The normalized spacial score (nSPS) is 24.9. The fraction of sp³-hybridized carbons (Fsp3) is 0.667. The molecule has 0 aromatic heterocycles. The molecule has 8 heteroatoms. The fourth-order valence-electron chi connectivity index (χ4n) is 4.83. The minimum atomic E-state index is -0.148. The highest BCUT2D eigenvalue weighted by Crippen LogP contribution is 2.49. The molecule has 0 bridgehead atoms. The van der Waals surface area contributed by atoms with Gasteiger partial charge in [-0.2, -0.15) is 11.8 Å². The summed E-state index contributed by atoms with van der Waals surface area (Å²) in [6.07, 6.45) is 5.83. The minimum Gasteiger partial charge on any atom is -0.357 e. The van der Waals surface area contributed by atoms with Gasteiger partial charge in [0.15, 0.2) is 5.96 Å². The molecule has 1 aliphatic heterocycles. The van der Waals surface area contributed by atoms with E-state index in [0.29, 0.717) is 18.5 Å². The van der Waals surface area contributed by atoms with Gasteiger partial charge in [0.05, 0.1) is 6.54 Å². The van der Waals surface area contributed by atoms with E-state index in [2.05, 4.69) is 22.5 Å². The number of benzene rings is 1. The Morgan fingerprint density at radius 2 is 1.88 bits per heavy atom. The van der Waals surface area contributed by atoms with Gasteiger partial charge in [0.1, 0.15) is 5.82 Å². The van der Waals surface area contributed by atoms with Crippen LogP contribution in [0.15, 0.2) is 29.3 Å². The van der Waals surface area contributed by atoms with Crippen LogP contribution in [-0.4, -0.2) is 60.5 Å². The second-order valence-electron chi connectivity index (χ2n) is 9.09. The molecule has 2 N–H and O–H groups in total. The smallest absolute Gasteiger partial charge is 0.225 e. The second-order valence-corrected chi connectivity index (χ2v) is 10.3. The van der Waals surface area contributed by atoms with Crippen LogP contribution in [0.3, 0.4) is 0 Å². The number of thioether (sulfide) groups is 1. The lowest BCUT2D eigenvalue weighted by Crippen LogP contribution is -2.47. The SMILES string of the molecule is CCNC(=NCC1(c2ccccc2F)CC1)NC1CCC(C(=O)N2CCSCC2)CC1.I. The summed E-state index contributed by atoms with van der Waals surface area (Å²) in [4.78, 5) is 19.7. The standard InChI is InChI=1S/C24H35FN4OS.HI/c1-2-26-23(27-17-24(11-12-24)20-5-3-4-6-21(20)25)28-19-9-7-18(8-10-19)22(30)29-13-15-31-16-14-29;/h3-6,18-19H,2,7-17H2,1H3,(H2,26,27,28);1H. The van der Waals surface area contributed by atoms with E-state index in [9.17, 15) is 9.18 Å². The Morgan fingerprint density at radius 3 is 2.50 bits per heavy atom. The molecule has 0 spiro atoms. The van der Waals surface area contributed by atoms with Crippen LogP contribution in [0.1, 0.15) is 51.0 Å². The van der Waals surface area contributed by atoms with Crippen molar-refractivity contribution in [2.75, 3.05) is 37.7 Å². The molecule has 5 nitrogen and oxygen atoms in total. The van der Waals surface area contributed by atoms with E-state index in [-0.39, 0.29) is 41.1 Å². The van der Waals surface area contributed by atoms with Crippen LogP contribution in [0.2, 0.25) is 0 Å². The van der Waals surface area contributed by atoms with Crippen molar-refractivity contribution in [3.8, 4) is 0 Å². The van der Waals surface area contributed by atoms with E-state index < -0.39 is 0 Å². The number of carbonyl (C=O) groups excluding carboxylic acids is 1. The lowest BCUT2D eigenvalue weighted by molar-refractivity contribution is -0.136. The Balaban J connectivity index is 0.00000289. The summed E-state index contributed by atoms with van der Waals surface area (Å²) in [5.41, 5.74) is 0.648. The number of nitrogens with zero attached hydrogens (tertiary/aromatic N) is 2. The van der Waals surface area contributed by atoms with E-state index >= 15 is 0 Å². The van der Waals surface area contributed by atoms with Crippen LogP contribution in [-0.2, 0) is 10.2 Å². The topological polar surface area (TPSA) is 56.7 Å². The summed E-state index contributed by atoms with van der Waals surface area (Å²) < 4.78 is 14.3. The van der Waals surface area contributed by atoms with E-state index in [1.807, 2.05) is 23.9 Å². The number of carbonyl (C=O) groups is 1. The van der Waals surface area contributed by atoms with Crippen LogP contribution >= 0.6 is 35.7 Å². The first kappa shape index (κ1) is 25.6. The average molecular weight is 575 g/mol. The molecular formula is C24H36FIN4OS. The predicted octanol–water partition coefficient (Wildman–Crippen LogP) is 4.16. The van der Waals surface area contributed by atoms with Crippen molar-refractivity contribution in [1.82, 2.24) is 15.5 Å². The first-order valence-electron chi connectivity index (χ1n) is 11.8. The van der Waals surface area contributed by atoms with Crippen molar-refractivity contribution in [3.63, 3.8) is 0 Å². The van der Waals surface area contributed by atoms with Crippen LogP contribution in [0.5, 0.6) is 0 Å². The molecule has 3 aliphatic rings. The van der Waals surface area contributed by atoms with Gasteiger partial charge < -0.3 is 15.5 Å². The van der Waals surface area contributed by atoms with Gasteiger partial charge in [0, 0.05) is 48.5 Å². The predicted molar refractivity (Wildman–Crippen MR) is 141 cm³/mol. The molecule has 1 aromatic rings. The van der Waals surface area contributed by atoms with E-state index in [1.54, 1.807) is 12.1 Å². The molecular weight excluding hydrogens is 538 g/mol. The summed E-state index contributed by atoms with van der Waals surface area (Å²) >= 11 is 1.94. The van der Waals surface area contributed by atoms with Gasteiger partial charge >= 0.3 is 0 Å². The minimum absolute atomic E-state index is 0. The lowest BCUT2D eigenvalue weighted by atomic mass is 9.85. The first-order valence-corrected chi connectivity index (χ1v) is 12.9. The Hall–Kier alpha value is -1.03. The number of hydrogen-bond acceptors (Lipinski definition) is 3.